The van der Waals surface area contributed by atoms with Gasteiger partial charge in [-0.2, -0.15) is 0 Å². The van der Waals surface area contributed by atoms with Crippen molar-refractivity contribution in [2.45, 2.75) is 18.7 Å². The number of aryl methyl sites for hydroxylation is 2. The Morgan fingerprint density at radius 1 is 1.19 bits per heavy atom. The molecule has 4 nitrogen and oxygen atoms in total. The number of benzene rings is 2. The fourth-order valence-corrected chi connectivity index (χ4v) is 3.42. The molecule has 2 aromatic carbocycles. The summed E-state index contributed by atoms with van der Waals surface area (Å²) >= 11 is 3.05. The fraction of sp³-hybridized carbons (Fsp3) is 0.143. The molecule has 112 valence electrons. The van der Waals surface area contributed by atoms with Crippen molar-refractivity contribution in [3.05, 3.63) is 51.7 Å². The Labute approximate surface area is 131 Å². The van der Waals surface area contributed by atoms with Gasteiger partial charge in [0.15, 0.2) is 0 Å². The van der Waals surface area contributed by atoms with Gasteiger partial charge in [-0.15, -0.1) is 0 Å². The van der Waals surface area contributed by atoms with Gasteiger partial charge in [0.2, 0.25) is 0 Å². The highest BCUT2D eigenvalue weighted by Gasteiger charge is 2.21. The van der Waals surface area contributed by atoms with Crippen LogP contribution in [0.25, 0.3) is 0 Å². The first-order valence-electron chi connectivity index (χ1n) is 6.05. The summed E-state index contributed by atoms with van der Waals surface area (Å²) in [5.41, 5.74) is 7.94. The van der Waals surface area contributed by atoms with Gasteiger partial charge in [-0.3, -0.25) is 4.72 Å². The third-order valence-corrected chi connectivity index (χ3v) is 5.03. The molecule has 0 aliphatic carbocycles. The number of anilines is 2. The summed E-state index contributed by atoms with van der Waals surface area (Å²) in [5, 5.41) is 0. The van der Waals surface area contributed by atoms with Gasteiger partial charge in [0.1, 0.15) is 10.7 Å². The molecule has 0 unspecified atom stereocenters. The smallest absolute Gasteiger partial charge is 0.264 e. The Morgan fingerprint density at radius 3 is 2.48 bits per heavy atom. The van der Waals surface area contributed by atoms with Crippen LogP contribution in [0, 0.1) is 19.7 Å². The SMILES string of the molecule is Cc1ccc(NS(=O)(=O)c2cc(N)c(Br)cc2F)c(C)c1. The van der Waals surface area contributed by atoms with Crippen molar-refractivity contribution in [1.82, 2.24) is 0 Å². The van der Waals surface area contributed by atoms with Crippen LogP contribution in [-0.2, 0) is 10.0 Å². The lowest BCUT2D eigenvalue weighted by Gasteiger charge is -2.12. The molecule has 0 saturated carbocycles. The molecule has 2 rings (SSSR count). The Balaban J connectivity index is 2.46. The minimum atomic E-state index is -4.04. The van der Waals surface area contributed by atoms with E-state index in [2.05, 4.69) is 20.7 Å². The second-order valence-electron chi connectivity index (χ2n) is 4.73. The van der Waals surface area contributed by atoms with Crippen molar-refractivity contribution in [2.24, 2.45) is 0 Å². The number of sulfonamides is 1. The van der Waals surface area contributed by atoms with Gasteiger partial charge in [-0.05, 0) is 53.5 Å². The summed E-state index contributed by atoms with van der Waals surface area (Å²) in [4.78, 5) is -0.483. The molecule has 0 radical (unpaired) electrons. The van der Waals surface area contributed by atoms with Gasteiger partial charge < -0.3 is 5.73 Å². The van der Waals surface area contributed by atoms with E-state index in [9.17, 15) is 12.8 Å². The molecule has 3 N–H and O–H groups in total. The van der Waals surface area contributed by atoms with Gasteiger partial charge in [0.05, 0.1) is 5.69 Å². The monoisotopic (exact) mass is 372 g/mol. The molecule has 7 heteroatoms. The number of hydrogen-bond donors (Lipinski definition) is 2. The maximum absolute atomic E-state index is 13.9. The van der Waals surface area contributed by atoms with E-state index in [0.29, 0.717) is 10.2 Å². The van der Waals surface area contributed by atoms with Gasteiger partial charge in [0.25, 0.3) is 10.0 Å². The number of rotatable bonds is 3. The molecule has 0 aromatic heterocycles. The summed E-state index contributed by atoms with van der Waals surface area (Å²) in [7, 11) is -4.04. The fourth-order valence-electron chi connectivity index (χ4n) is 1.88. The van der Waals surface area contributed by atoms with E-state index in [1.54, 1.807) is 19.1 Å². The van der Waals surface area contributed by atoms with E-state index in [-0.39, 0.29) is 5.69 Å². The molecule has 0 saturated heterocycles. The molecular formula is C14H14BrFN2O2S. The van der Waals surface area contributed by atoms with Gasteiger partial charge >= 0.3 is 0 Å². The first kappa shape index (κ1) is 15.8. The van der Waals surface area contributed by atoms with E-state index >= 15 is 0 Å². The maximum atomic E-state index is 13.9. The summed E-state index contributed by atoms with van der Waals surface area (Å²) in [6.45, 7) is 3.68. The predicted molar refractivity (Wildman–Crippen MR) is 85.2 cm³/mol. The Hall–Kier alpha value is -1.60. The average molecular weight is 373 g/mol. The summed E-state index contributed by atoms with van der Waals surface area (Å²) in [6.07, 6.45) is 0. The number of nitrogens with one attached hydrogen (secondary N) is 1. The summed E-state index contributed by atoms with van der Waals surface area (Å²) in [6, 6.07) is 7.38. The van der Waals surface area contributed by atoms with Crippen LogP contribution in [0.4, 0.5) is 15.8 Å². The van der Waals surface area contributed by atoms with Gasteiger partial charge in [-0.25, -0.2) is 12.8 Å². The second-order valence-corrected chi connectivity index (χ2v) is 7.23. The molecule has 0 spiro atoms. The number of hydrogen-bond acceptors (Lipinski definition) is 3. The zero-order chi connectivity index (χ0) is 15.8. The van der Waals surface area contributed by atoms with Crippen LogP contribution >= 0.6 is 15.9 Å². The first-order chi connectivity index (χ1) is 9.70. The minimum absolute atomic E-state index is 0.150. The van der Waals surface area contributed by atoms with Crippen molar-refractivity contribution < 1.29 is 12.8 Å². The highest BCUT2D eigenvalue weighted by Crippen LogP contribution is 2.28. The van der Waals surface area contributed by atoms with Crippen molar-refractivity contribution in [1.29, 1.82) is 0 Å². The first-order valence-corrected chi connectivity index (χ1v) is 8.33. The maximum Gasteiger partial charge on any atom is 0.264 e. The number of halogens is 2. The van der Waals surface area contributed by atoms with Crippen molar-refractivity contribution in [3.63, 3.8) is 0 Å². The molecule has 21 heavy (non-hydrogen) atoms. The topological polar surface area (TPSA) is 72.2 Å². The van der Waals surface area contributed by atoms with E-state index in [4.69, 9.17) is 5.73 Å². The van der Waals surface area contributed by atoms with Gasteiger partial charge in [0, 0.05) is 10.2 Å². The van der Waals surface area contributed by atoms with Crippen molar-refractivity contribution in [3.8, 4) is 0 Å². The summed E-state index contributed by atoms with van der Waals surface area (Å²) < 4.78 is 41.2. The third-order valence-electron chi connectivity index (χ3n) is 2.97. The quantitative estimate of drug-likeness (QED) is 0.808. The number of nitrogens with two attached hydrogens (primary N) is 1. The number of nitrogen functional groups attached to an aromatic ring is 1. The lowest BCUT2D eigenvalue weighted by molar-refractivity contribution is 0.570. The molecule has 0 atom stereocenters. The Morgan fingerprint density at radius 2 is 1.86 bits per heavy atom. The van der Waals surface area contributed by atoms with Crippen LogP contribution in [0.1, 0.15) is 11.1 Å². The highest BCUT2D eigenvalue weighted by atomic mass is 79.9. The zero-order valence-electron chi connectivity index (χ0n) is 11.4. The third kappa shape index (κ3) is 3.36. The van der Waals surface area contributed by atoms with E-state index in [0.717, 1.165) is 23.3 Å². The molecule has 0 heterocycles. The van der Waals surface area contributed by atoms with Crippen molar-refractivity contribution in [2.75, 3.05) is 10.5 Å². The van der Waals surface area contributed by atoms with Crippen LogP contribution in [-0.4, -0.2) is 8.42 Å². The lowest BCUT2D eigenvalue weighted by atomic mass is 10.1. The normalized spacial score (nSPS) is 11.4. The zero-order valence-corrected chi connectivity index (χ0v) is 13.8. The molecule has 0 aliphatic heterocycles. The van der Waals surface area contributed by atoms with E-state index < -0.39 is 20.7 Å². The van der Waals surface area contributed by atoms with Crippen LogP contribution in [0.2, 0.25) is 0 Å². The van der Waals surface area contributed by atoms with E-state index in [1.165, 1.54) is 0 Å². The molecule has 2 aromatic rings. The van der Waals surface area contributed by atoms with Crippen LogP contribution in [0.5, 0.6) is 0 Å². The Bertz CT molecular complexity index is 807. The van der Waals surface area contributed by atoms with Crippen LogP contribution in [0.3, 0.4) is 0 Å². The van der Waals surface area contributed by atoms with Crippen LogP contribution < -0.4 is 10.5 Å². The molecule has 0 bridgehead atoms. The molecule has 0 fully saturated rings. The summed E-state index contributed by atoms with van der Waals surface area (Å²) in [5.74, 6) is -0.867. The van der Waals surface area contributed by atoms with E-state index in [1.807, 2.05) is 13.0 Å². The largest absolute Gasteiger partial charge is 0.398 e. The van der Waals surface area contributed by atoms with Gasteiger partial charge in [-0.1, -0.05) is 17.7 Å². The molecule has 0 aliphatic rings. The van der Waals surface area contributed by atoms with Crippen LogP contribution in [0.15, 0.2) is 39.7 Å². The lowest BCUT2D eigenvalue weighted by Crippen LogP contribution is -2.16. The molecule has 0 amide bonds. The van der Waals surface area contributed by atoms with Crippen molar-refractivity contribution >= 4 is 37.3 Å². The second kappa shape index (κ2) is 5.65. The average Bonchev–Trinajstić information content (AvgIpc) is 2.37. The predicted octanol–water partition coefficient (Wildman–Crippen LogP) is 3.59. The Kier molecular flexibility index (Phi) is 4.25. The standard InChI is InChI=1S/C14H14BrFN2O2S/c1-8-3-4-13(9(2)5-8)18-21(19,20)14-7-12(17)10(15)6-11(14)16/h3-7,18H,17H2,1-2H3. The highest BCUT2D eigenvalue weighted by molar-refractivity contribution is 9.10. The molecular weight excluding hydrogens is 359 g/mol. The minimum Gasteiger partial charge on any atom is -0.398 e.